The molecule has 0 aromatic carbocycles. The van der Waals surface area contributed by atoms with Crippen molar-refractivity contribution >= 4 is 0 Å². The Bertz CT molecular complexity index is 402. The molecule has 5 nitrogen and oxygen atoms in total. The molecular formula is C8H11N3O2. The Morgan fingerprint density at radius 1 is 1.46 bits per heavy atom. The summed E-state index contributed by atoms with van der Waals surface area (Å²) < 4.78 is 1.38. The van der Waals surface area contributed by atoms with Gasteiger partial charge in [0, 0.05) is 25.4 Å². The summed E-state index contributed by atoms with van der Waals surface area (Å²) in [6.07, 6.45) is 4.96. The van der Waals surface area contributed by atoms with E-state index >= 15 is 0 Å². The molecule has 5 heteroatoms. The predicted octanol–water partition coefficient (Wildman–Crippen LogP) is -0.948. The molecule has 0 unspecified atom stereocenters. The van der Waals surface area contributed by atoms with E-state index in [0.29, 0.717) is 13.1 Å². The third kappa shape index (κ3) is 2.72. The second-order valence-electron chi connectivity index (χ2n) is 2.47. The predicted molar refractivity (Wildman–Crippen MR) is 49.5 cm³/mol. The van der Waals surface area contributed by atoms with Crippen LogP contribution in [0.15, 0.2) is 34.0 Å². The molecular weight excluding hydrogens is 170 g/mol. The Morgan fingerprint density at radius 2 is 2.23 bits per heavy atom. The quantitative estimate of drug-likeness (QED) is 0.590. The van der Waals surface area contributed by atoms with E-state index < -0.39 is 5.69 Å². The van der Waals surface area contributed by atoms with Crippen molar-refractivity contribution in [2.45, 2.75) is 6.54 Å². The molecule has 0 fully saturated rings. The number of aromatic nitrogens is 2. The normalized spacial score (nSPS) is 10.8. The highest BCUT2D eigenvalue weighted by molar-refractivity contribution is 4.88. The molecule has 1 heterocycles. The molecule has 1 rings (SSSR count). The second kappa shape index (κ2) is 4.42. The van der Waals surface area contributed by atoms with Gasteiger partial charge in [0.25, 0.3) is 5.56 Å². The Hall–Kier alpha value is -1.62. The smallest absolute Gasteiger partial charge is 0.327 e. The Labute approximate surface area is 74.5 Å². The van der Waals surface area contributed by atoms with Crippen LogP contribution >= 0.6 is 0 Å². The van der Waals surface area contributed by atoms with Gasteiger partial charge in [-0.25, -0.2) is 4.79 Å². The van der Waals surface area contributed by atoms with Crippen LogP contribution in [0.1, 0.15) is 0 Å². The van der Waals surface area contributed by atoms with Gasteiger partial charge in [0.15, 0.2) is 0 Å². The molecule has 0 aliphatic rings. The van der Waals surface area contributed by atoms with Gasteiger partial charge >= 0.3 is 5.69 Å². The molecule has 13 heavy (non-hydrogen) atoms. The van der Waals surface area contributed by atoms with E-state index in [1.165, 1.54) is 16.8 Å². The summed E-state index contributed by atoms with van der Waals surface area (Å²) in [4.78, 5) is 23.9. The minimum absolute atomic E-state index is 0.385. The average Bonchev–Trinajstić information content (AvgIpc) is 2.09. The van der Waals surface area contributed by atoms with Crippen LogP contribution in [0.2, 0.25) is 0 Å². The third-order valence-corrected chi connectivity index (χ3v) is 1.50. The highest BCUT2D eigenvalue weighted by atomic mass is 16.2. The monoisotopic (exact) mass is 181 g/mol. The Balaban J connectivity index is 2.84. The van der Waals surface area contributed by atoms with Crippen molar-refractivity contribution in [3.05, 3.63) is 45.3 Å². The van der Waals surface area contributed by atoms with Gasteiger partial charge in [-0.15, -0.1) is 0 Å². The number of aromatic amines is 1. The lowest BCUT2D eigenvalue weighted by atomic mass is 10.5. The summed E-state index contributed by atoms with van der Waals surface area (Å²) >= 11 is 0. The van der Waals surface area contributed by atoms with Crippen LogP contribution in [-0.4, -0.2) is 16.1 Å². The van der Waals surface area contributed by atoms with Crippen LogP contribution in [0.3, 0.4) is 0 Å². The number of hydrogen-bond donors (Lipinski definition) is 2. The molecule has 0 bridgehead atoms. The Kier molecular flexibility index (Phi) is 3.22. The highest BCUT2D eigenvalue weighted by Gasteiger charge is 1.91. The number of nitrogens with two attached hydrogens (primary N) is 1. The molecule has 0 spiro atoms. The van der Waals surface area contributed by atoms with Gasteiger partial charge in [0.1, 0.15) is 0 Å². The van der Waals surface area contributed by atoms with E-state index in [1.807, 2.05) is 0 Å². The molecule has 0 aliphatic heterocycles. The van der Waals surface area contributed by atoms with Crippen LogP contribution < -0.4 is 17.0 Å². The van der Waals surface area contributed by atoms with Crippen molar-refractivity contribution < 1.29 is 0 Å². The largest absolute Gasteiger partial charge is 0.328 e. The summed E-state index contributed by atoms with van der Waals surface area (Å²) in [6, 6.07) is 1.30. The number of nitrogens with one attached hydrogen (secondary N) is 1. The van der Waals surface area contributed by atoms with E-state index in [0.717, 1.165) is 0 Å². The maximum atomic E-state index is 11.1. The summed E-state index contributed by atoms with van der Waals surface area (Å²) in [6.45, 7) is 0.866. The van der Waals surface area contributed by atoms with Gasteiger partial charge in [-0.05, 0) is 0 Å². The first-order chi connectivity index (χ1) is 6.24. The zero-order valence-corrected chi connectivity index (χ0v) is 7.06. The molecule has 70 valence electrons. The number of nitrogens with zero attached hydrogens (tertiary/aromatic N) is 1. The number of rotatable bonds is 3. The van der Waals surface area contributed by atoms with Crippen molar-refractivity contribution in [1.29, 1.82) is 0 Å². The van der Waals surface area contributed by atoms with Gasteiger partial charge in [0.05, 0.1) is 0 Å². The molecule has 0 saturated carbocycles. The second-order valence-corrected chi connectivity index (χ2v) is 2.47. The standard InChI is InChI=1S/C8H11N3O2/c9-4-1-2-5-11-6-3-7(12)10-8(11)13/h1-3,6H,4-5,9H2,(H,10,12,13)/b2-1-. The van der Waals surface area contributed by atoms with E-state index in [1.54, 1.807) is 12.2 Å². The minimum atomic E-state index is -0.408. The molecule has 0 saturated heterocycles. The fourth-order valence-electron chi connectivity index (χ4n) is 0.872. The zero-order chi connectivity index (χ0) is 9.68. The van der Waals surface area contributed by atoms with Crippen molar-refractivity contribution in [2.75, 3.05) is 6.54 Å². The maximum Gasteiger partial charge on any atom is 0.328 e. The number of allylic oxidation sites excluding steroid dienone is 1. The van der Waals surface area contributed by atoms with Gasteiger partial charge in [-0.2, -0.15) is 0 Å². The van der Waals surface area contributed by atoms with Crippen molar-refractivity contribution in [3.8, 4) is 0 Å². The molecule has 0 amide bonds. The highest BCUT2D eigenvalue weighted by Crippen LogP contribution is 1.78. The minimum Gasteiger partial charge on any atom is -0.327 e. The molecule has 0 radical (unpaired) electrons. The first-order valence-electron chi connectivity index (χ1n) is 3.89. The van der Waals surface area contributed by atoms with Crippen molar-refractivity contribution in [2.24, 2.45) is 5.73 Å². The molecule has 0 atom stereocenters. The lowest BCUT2D eigenvalue weighted by molar-refractivity contribution is 0.735. The van der Waals surface area contributed by atoms with Crippen LogP contribution in [0, 0.1) is 0 Å². The van der Waals surface area contributed by atoms with E-state index in [4.69, 9.17) is 5.73 Å². The fourth-order valence-corrected chi connectivity index (χ4v) is 0.872. The van der Waals surface area contributed by atoms with E-state index in [9.17, 15) is 9.59 Å². The fraction of sp³-hybridized carbons (Fsp3) is 0.250. The zero-order valence-electron chi connectivity index (χ0n) is 7.06. The van der Waals surface area contributed by atoms with Gasteiger partial charge in [0.2, 0.25) is 0 Å². The summed E-state index contributed by atoms with van der Waals surface area (Å²) in [5.41, 5.74) is 4.43. The SMILES string of the molecule is NC/C=C\Cn1ccc(=O)[nH]c1=O. The van der Waals surface area contributed by atoms with Crippen LogP contribution in [0.4, 0.5) is 0 Å². The van der Waals surface area contributed by atoms with Gasteiger partial charge in [-0.3, -0.25) is 14.3 Å². The topological polar surface area (TPSA) is 80.9 Å². The first kappa shape index (κ1) is 9.47. The van der Waals surface area contributed by atoms with Crippen LogP contribution in [0.5, 0.6) is 0 Å². The van der Waals surface area contributed by atoms with E-state index in [-0.39, 0.29) is 5.56 Å². The summed E-state index contributed by atoms with van der Waals surface area (Å²) in [5.74, 6) is 0. The maximum absolute atomic E-state index is 11.1. The van der Waals surface area contributed by atoms with Crippen molar-refractivity contribution in [1.82, 2.24) is 9.55 Å². The molecule has 1 aromatic rings. The Morgan fingerprint density at radius 3 is 2.85 bits per heavy atom. The lowest BCUT2D eigenvalue weighted by Crippen LogP contribution is -2.28. The van der Waals surface area contributed by atoms with Crippen molar-refractivity contribution in [3.63, 3.8) is 0 Å². The van der Waals surface area contributed by atoms with Crippen LogP contribution in [0.25, 0.3) is 0 Å². The van der Waals surface area contributed by atoms with Gasteiger partial charge in [-0.1, -0.05) is 12.2 Å². The van der Waals surface area contributed by atoms with E-state index in [2.05, 4.69) is 4.98 Å². The van der Waals surface area contributed by atoms with Crippen LogP contribution in [-0.2, 0) is 6.54 Å². The molecule has 1 aromatic heterocycles. The summed E-state index contributed by atoms with van der Waals surface area (Å²) in [5, 5.41) is 0. The van der Waals surface area contributed by atoms with Gasteiger partial charge < -0.3 is 5.73 Å². The summed E-state index contributed by atoms with van der Waals surface area (Å²) in [7, 11) is 0. The molecule has 0 aliphatic carbocycles. The average molecular weight is 181 g/mol. The molecule has 3 N–H and O–H groups in total. The number of H-pyrrole nitrogens is 1. The number of hydrogen-bond acceptors (Lipinski definition) is 3. The lowest BCUT2D eigenvalue weighted by Gasteiger charge is -1.98. The first-order valence-corrected chi connectivity index (χ1v) is 3.89. The third-order valence-electron chi connectivity index (χ3n) is 1.50.